The SMILES string of the molecule is CC(=O)N(c1nc(CO)cs1)c1c(C)cccc1C. The van der Waals surface area contributed by atoms with Gasteiger partial charge in [0.1, 0.15) is 0 Å². The van der Waals surface area contributed by atoms with Crippen molar-refractivity contribution in [3.63, 3.8) is 0 Å². The highest BCUT2D eigenvalue weighted by Crippen LogP contribution is 2.33. The Morgan fingerprint density at radius 3 is 2.47 bits per heavy atom. The molecular weight excluding hydrogens is 260 g/mol. The van der Waals surface area contributed by atoms with E-state index in [2.05, 4.69) is 4.98 Å². The summed E-state index contributed by atoms with van der Waals surface area (Å²) in [7, 11) is 0. The molecule has 0 aliphatic heterocycles. The molecule has 0 unspecified atom stereocenters. The number of carbonyl (C=O) groups is 1. The van der Waals surface area contributed by atoms with Crippen LogP contribution in [0.25, 0.3) is 0 Å². The predicted octanol–water partition coefficient (Wildman–Crippen LogP) is 2.94. The van der Waals surface area contributed by atoms with Crippen molar-refractivity contribution in [3.05, 3.63) is 40.4 Å². The Kier molecular flexibility index (Phi) is 3.97. The molecule has 4 nitrogen and oxygen atoms in total. The number of aliphatic hydroxyl groups excluding tert-OH is 1. The number of aliphatic hydroxyl groups is 1. The van der Waals surface area contributed by atoms with Crippen LogP contribution in [0.2, 0.25) is 0 Å². The lowest BCUT2D eigenvalue weighted by molar-refractivity contribution is -0.115. The first-order valence-corrected chi connectivity index (χ1v) is 6.84. The molecule has 2 rings (SSSR count). The lowest BCUT2D eigenvalue weighted by Gasteiger charge is -2.22. The molecule has 0 saturated carbocycles. The number of rotatable bonds is 3. The lowest BCUT2D eigenvalue weighted by atomic mass is 10.1. The van der Waals surface area contributed by atoms with Crippen molar-refractivity contribution in [2.24, 2.45) is 0 Å². The first kappa shape index (κ1) is 13.7. The molecule has 0 aliphatic rings. The summed E-state index contributed by atoms with van der Waals surface area (Å²) in [6.07, 6.45) is 0. The third kappa shape index (κ3) is 2.67. The van der Waals surface area contributed by atoms with Crippen LogP contribution in [0.3, 0.4) is 0 Å². The van der Waals surface area contributed by atoms with Crippen molar-refractivity contribution in [2.45, 2.75) is 27.4 Å². The van der Waals surface area contributed by atoms with Gasteiger partial charge in [-0.25, -0.2) is 4.98 Å². The number of anilines is 2. The Bertz CT molecular complexity index is 587. The van der Waals surface area contributed by atoms with Gasteiger partial charge in [0.25, 0.3) is 0 Å². The summed E-state index contributed by atoms with van der Waals surface area (Å²) in [5.41, 5.74) is 3.50. The summed E-state index contributed by atoms with van der Waals surface area (Å²) in [6, 6.07) is 5.91. The molecule has 100 valence electrons. The number of amides is 1. The van der Waals surface area contributed by atoms with Gasteiger partial charge in [-0.1, -0.05) is 18.2 Å². The second-order valence-corrected chi connectivity index (χ2v) is 5.21. The van der Waals surface area contributed by atoms with E-state index in [0.29, 0.717) is 10.8 Å². The highest BCUT2D eigenvalue weighted by atomic mass is 32.1. The second-order valence-electron chi connectivity index (χ2n) is 4.37. The summed E-state index contributed by atoms with van der Waals surface area (Å²) >= 11 is 1.36. The molecule has 0 aliphatic carbocycles. The maximum atomic E-state index is 12.0. The third-order valence-electron chi connectivity index (χ3n) is 2.87. The Labute approximate surface area is 116 Å². The van der Waals surface area contributed by atoms with Crippen LogP contribution in [-0.4, -0.2) is 16.0 Å². The smallest absolute Gasteiger partial charge is 0.230 e. The zero-order valence-corrected chi connectivity index (χ0v) is 12.0. The summed E-state index contributed by atoms with van der Waals surface area (Å²) in [6.45, 7) is 5.35. The van der Waals surface area contributed by atoms with Crippen LogP contribution < -0.4 is 4.90 Å². The Balaban J connectivity index is 2.55. The highest BCUT2D eigenvalue weighted by molar-refractivity contribution is 7.14. The monoisotopic (exact) mass is 276 g/mol. The molecule has 5 heteroatoms. The lowest BCUT2D eigenvalue weighted by Crippen LogP contribution is -2.24. The molecule has 1 aromatic carbocycles. The zero-order chi connectivity index (χ0) is 14.0. The predicted molar refractivity (Wildman–Crippen MR) is 76.8 cm³/mol. The number of carbonyl (C=O) groups excluding carboxylic acids is 1. The van der Waals surface area contributed by atoms with Crippen molar-refractivity contribution >= 4 is 28.1 Å². The number of para-hydroxylation sites is 1. The third-order valence-corrected chi connectivity index (χ3v) is 3.75. The average molecular weight is 276 g/mol. The number of nitrogens with zero attached hydrogens (tertiary/aromatic N) is 2. The molecule has 0 fully saturated rings. The zero-order valence-electron chi connectivity index (χ0n) is 11.2. The molecule has 0 radical (unpaired) electrons. The Morgan fingerprint density at radius 1 is 1.37 bits per heavy atom. The van der Waals surface area contributed by atoms with E-state index < -0.39 is 0 Å². The number of thiazole rings is 1. The minimum Gasteiger partial charge on any atom is -0.390 e. The summed E-state index contributed by atoms with van der Waals surface area (Å²) in [5, 5.41) is 11.4. The minimum atomic E-state index is -0.116. The fourth-order valence-corrected chi connectivity index (χ4v) is 2.88. The van der Waals surface area contributed by atoms with E-state index in [0.717, 1.165) is 16.8 Å². The molecule has 0 bridgehead atoms. The van der Waals surface area contributed by atoms with Crippen LogP contribution in [0.5, 0.6) is 0 Å². The normalized spacial score (nSPS) is 10.5. The van der Waals surface area contributed by atoms with Crippen LogP contribution in [0.4, 0.5) is 10.8 Å². The van der Waals surface area contributed by atoms with Crippen LogP contribution in [-0.2, 0) is 11.4 Å². The molecule has 0 atom stereocenters. The topological polar surface area (TPSA) is 53.4 Å². The van der Waals surface area contributed by atoms with Gasteiger partial charge in [-0.15, -0.1) is 11.3 Å². The quantitative estimate of drug-likeness (QED) is 0.937. The maximum Gasteiger partial charge on any atom is 0.230 e. The average Bonchev–Trinajstić information content (AvgIpc) is 2.81. The van der Waals surface area contributed by atoms with Crippen LogP contribution >= 0.6 is 11.3 Å². The van der Waals surface area contributed by atoms with Crippen LogP contribution in [0.15, 0.2) is 23.6 Å². The van der Waals surface area contributed by atoms with E-state index >= 15 is 0 Å². The van der Waals surface area contributed by atoms with Gasteiger partial charge in [0, 0.05) is 12.3 Å². The largest absolute Gasteiger partial charge is 0.390 e. The molecule has 1 heterocycles. The molecule has 1 amide bonds. The van der Waals surface area contributed by atoms with E-state index in [9.17, 15) is 4.79 Å². The molecular formula is C14H16N2O2S. The van der Waals surface area contributed by atoms with Crippen molar-refractivity contribution < 1.29 is 9.90 Å². The standard InChI is InChI=1S/C14H16N2O2S/c1-9-5-4-6-10(2)13(9)16(11(3)18)14-15-12(7-17)8-19-14/h4-6,8,17H,7H2,1-3H3. The highest BCUT2D eigenvalue weighted by Gasteiger charge is 2.21. The van der Waals surface area contributed by atoms with Crippen molar-refractivity contribution in [1.29, 1.82) is 0 Å². The molecule has 1 aromatic heterocycles. The van der Waals surface area contributed by atoms with Gasteiger partial charge in [-0.2, -0.15) is 0 Å². The van der Waals surface area contributed by atoms with E-state index in [1.165, 1.54) is 18.3 Å². The summed E-state index contributed by atoms with van der Waals surface area (Å²) in [4.78, 5) is 17.9. The van der Waals surface area contributed by atoms with Crippen molar-refractivity contribution in [3.8, 4) is 0 Å². The van der Waals surface area contributed by atoms with E-state index in [1.807, 2.05) is 32.0 Å². The van der Waals surface area contributed by atoms with Gasteiger partial charge in [0.05, 0.1) is 18.0 Å². The second kappa shape index (κ2) is 5.50. The Morgan fingerprint density at radius 2 is 2.00 bits per heavy atom. The van der Waals surface area contributed by atoms with E-state index in [-0.39, 0.29) is 12.5 Å². The Hall–Kier alpha value is -1.72. The van der Waals surface area contributed by atoms with Crippen molar-refractivity contribution in [2.75, 3.05) is 4.90 Å². The number of benzene rings is 1. The first-order chi connectivity index (χ1) is 9.04. The fraction of sp³-hybridized carbons (Fsp3) is 0.286. The number of hydrogen-bond acceptors (Lipinski definition) is 4. The van der Waals surface area contributed by atoms with Crippen LogP contribution in [0, 0.1) is 13.8 Å². The summed E-state index contributed by atoms with van der Waals surface area (Å²) < 4.78 is 0. The van der Waals surface area contributed by atoms with Crippen molar-refractivity contribution in [1.82, 2.24) is 4.98 Å². The molecule has 0 spiro atoms. The molecule has 0 saturated heterocycles. The molecule has 19 heavy (non-hydrogen) atoms. The van der Waals surface area contributed by atoms with Gasteiger partial charge in [0.15, 0.2) is 5.13 Å². The van der Waals surface area contributed by atoms with Gasteiger partial charge in [-0.05, 0) is 25.0 Å². The first-order valence-electron chi connectivity index (χ1n) is 5.96. The van der Waals surface area contributed by atoms with Gasteiger partial charge in [0.2, 0.25) is 5.91 Å². The van der Waals surface area contributed by atoms with Gasteiger partial charge < -0.3 is 5.11 Å². The fourth-order valence-electron chi connectivity index (χ4n) is 2.02. The van der Waals surface area contributed by atoms with Gasteiger partial charge in [-0.3, -0.25) is 9.69 Å². The number of aromatic nitrogens is 1. The van der Waals surface area contributed by atoms with E-state index in [4.69, 9.17) is 5.11 Å². The maximum absolute atomic E-state index is 12.0. The number of aryl methyl sites for hydroxylation is 2. The molecule has 2 aromatic rings. The van der Waals surface area contributed by atoms with Crippen LogP contribution in [0.1, 0.15) is 23.7 Å². The molecule has 1 N–H and O–H groups in total. The van der Waals surface area contributed by atoms with E-state index in [1.54, 1.807) is 10.3 Å². The van der Waals surface area contributed by atoms with Gasteiger partial charge >= 0.3 is 0 Å². The number of hydrogen-bond donors (Lipinski definition) is 1. The summed E-state index contributed by atoms with van der Waals surface area (Å²) in [5.74, 6) is -0.0868. The minimum absolute atomic E-state index is 0.0868.